The van der Waals surface area contributed by atoms with Crippen LogP contribution in [0.5, 0.6) is 0 Å². The molecule has 7 nitrogen and oxygen atoms in total. The molecule has 7 aromatic heterocycles. The van der Waals surface area contributed by atoms with E-state index in [1.807, 2.05) is 48.8 Å². The monoisotopic (exact) mass is 945 g/mol. The number of rotatable bonds is 9. The lowest BCUT2D eigenvalue weighted by molar-refractivity contribution is 1.18. The summed E-state index contributed by atoms with van der Waals surface area (Å²) in [4.78, 5) is 25.0. The van der Waals surface area contributed by atoms with Gasteiger partial charge in [-0.25, -0.2) is 9.97 Å². The minimum atomic E-state index is 0.760. The van der Waals surface area contributed by atoms with E-state index in [9.17, 15) is 0 Å². The number of nitrogens with zero attached hydrogens (tertiary/aromatic N) is 7. The van der Waals surface area contributed by atoms with Crippen molar-refractivity contribution in [1.82, 2.24) is 34.1 Å². The molecule has 0 aliphatic heterocycles. The van der Waals surface area contributed by atoms with E-state index in [1.54, 1.807) is 6.20 Å². The maximum Gasteiger partial charge on any atom is 0.0900 e. The zero-order chi connectivity index (χ0) is 49.0. The third kappa shape index (κ3) is 7.59. The predicted molar refractivity (Wildman–Crippen MR) is 302 cm³/mol. The van der Waals surface area contributed by atoms with Crippen LogP contribution in [0.3, 0.4) is 0 Å². The Balaban J connectivity index is 0.769. The van der Waals surface area contributed by atoms with Crippen molar-refractivity contribution in [2.24, 2.45) is 0 Å². The largest absolute Gasteiger partial charge is 0.309 e. The van der Waals surface area contributed by atoms with Gasteiger partial charge in [-0.05, 0) is 119 Å². The van der Waals surface area contributed by atoms with Crippen LogP contribution in [0.1, 0.15) is 0 Å². The molecule has 0 spiro atoms. The molecule has 0 aliphatic carbocycles. The van der Waals surface area contributed by atoms with Gasteiger partial charge in [-0.2, -0.15) is 0 Å². The zero-order valence-corrected chi connectivity index (χ0v) is 40.0. The Bertz CT molecular complexity index is 3980. The van der Waals surface area contributed by atoms with E-state index in [-0.39, 0.29) is 0 Å². The van der Waals surface area contributed by atoms with Crippen molar-refractivity contribution >= 4 is 43.6 Å². The quantitative estimate of drug-likeness (QED) is 0.144. The molecule has 0 bridgehead atoms. The van der Waals surface area contributed by atoms with E-state index in [2.05, 4.69) is 220 Å². The fourth-order valence-electron chi connectivity index (χ4n) is 10.5. The van der Waals surface area contributed by atoms with E-state index in [0.29, 0.717) is 0 Å². The maximum atomic E-state index is 5.18. The highest BCUT2D eigenvalue weighted by atomic mass is 15.0. The predicted octanol–water partition coefficient (Wildman–Crippen LogP) is 16.5. The van der Waals surface area contributed by atoms with Crippen LogP contribution >= 0.6 is 0 Å². The van der Waals surface area contributed by atoms with Crippen LogP contribution in [-0.2, 0) is 0 Å². The molecule has 0 saturated carbocycles. The van der Waals surface area contributed by atoms with Gasteiger partial charge in [0.2, 0.25) is 0 Å². The minimum absolute atomic E-state index is 0.760. The highest BCUT2D eigenvalue weighted by molar-refractivity contribution is 6.10. The van der Waals surface area contributed by atoms with Gasteiger partial charge in [0, 0.05) is 68.2 Å². The molecule has 0 N–H and O–H groups in total. The average Bonchev–Trinajstić information content (AvgIpc) is 4.01. The molecule has 0 amide bonds. The first-order valence-corrected chi connectivity index (χ1v) is 24.8. The number of hydrogen-bond donors (Lipinski definition) is 0. The highest BCUT2D eigenvalue weighted by Gasteiger charge is 2.17. The van der Waals surface area contributed by atoms with Crippen LogP contribution in [0.4, 0.5) is 0 Å². The van der Waals surface area contributed by atoms with Crippen LogP contribution < -0.4 is 0 Å². The van der Waals surface area contributed by atoms with Crippen LogP contribution in [0.2, 0.25) is 0 Å². The number of aromatic nitrogens is 7. The van der Waals surface area contributed by atoms with Gasteiger partial charge >= 0.3 is 0 Å². The first-order chi connectivity index (χ1) is 36.7. The molecule has 7 aromatic carbocycles. The van der Waals surface area contributed by atoms with Gasteiger partial charge in [0.25, 0.3) is 0 Å². The summed E-state index contributed by atoms with van der Waals surface area (Å²) in [5.74, 6) is 0. The summed E-state index contributed by atoms with van der Waals surface area (Å²) in [6, 6.07) is 85.0. The number of fused-ring (bicyclic) bond motifs is 6. The first kappa shape index (κ1) is 42.7. The zero-order valence-electron chi connectivity index (χ0n) is 40.0. The second-order valence-corrected chi connectivity index (χ2v) is 18.5. The molecule has 346 valence electrons. The standard InChI is InChI=1S/C67H43N7/c1-2-14-46(15-3-1)60-38-49(44-25-31-51(32-26-44)73-64-21-8-4-16-53(64)54-17-5-9-22-65(54)73)39-62(71-60)58-35-29-47(42-69-58)48-30-36-59(70-43-48)63-41-50(40-61(72-63)57-20-12-13-37-68-57)45-27-33-52(34-28-45)74-66-23-10-6-18-55(66)56-19-7-11-24-67(56)74/h1-43H. The van der Waals surface area contributed by atoms with Gasteiger partial charge in [-0.3, -0.25) is 15.0 Å². The molecule has 74 heavy (non-hydrogen) atoms. The summed E-state index contributed by atoms with van der Waals surface area (Å²) in [7, 11) is 0. The Morgan fingerprint density at radius 1 is 0.230 bits per heavy atom. The smallest absolute Gasteiger partial charge is 0.0900 e. The summed E-state index contributed by atoms with van der Waals surface area (Å²) in [6.45, 7) is 0. The van der Waals surface area contributed by atoms with Crippen molar-refractivity contribution < 1.29 is 0 Å². The number of para-hydroxylation sites is 4. The van der Waals surface area contributed by atoms with Gasteiger partial charge in [-0.15, -0.1) is 0 Å². The van der Waals surface area contributed by atoms with E-state index >= 15 is 0 Å². The van der Waals surface area contributed by atoms with Crippen molar-refractivity contribution in [2.75, 3.05) is 0 Å². The van der Waals surface area contributed by atoms with E-state index in [0.717, 1.165) is 90.2 Å². The summed E-state index contributed by atoms with van der Waals surface area (Å²) in [5.41, 5.74) is 19.7. The lowest BCUT2D eigenvalue weighted by Gasteiger charge is -2.12. The molecule has 7 heterocycles. The Hall–Kier alpha value is -10.1. The number of benzene rings is 7. The van der Waals surface area contributed by atoms with Gasteiger partial charge < -0.3 is 9.13 Å². The average molecular weight is 946 g/mol. The lowest BCUT2D eigenvalue weighted by atomic mass is 10.0. The molecular weight excluding hydrogens is 903 g/mol. The Morgan fingerprint density at radius 3 is 1.00 bits per heavy atom. The van der Waals surface area contributed by atoms with E-state index in [1.165, 1.54) is 43.6 Å². The highest BCUT2D eigenvalue weighted by Crippen LogP contribution is 2.37. The second-order valence-electron chi connectivity index (χ2n) is 18.5. The third-order valence-electron chi connectivity index (χ3n) is 14.1. The van der Waals surface area contributed by atoms with Gasteiger partial charge in [0.15, 0.2) is 0 Å². The molecule has 0 radical (unpaired) electrons. The van der Waals surface area contributed by atoms with E-state index < -0.39 is 0 Å². The van der Waals surface area contributed by atoms with Crippen molar-refractivity contribution in [3.8, 4) is 90.2 Å². The lowest BCUT2D eigenvalue weighted by Crippen LogP contribution is -1.96. The van der Waals surface area contributed by atoms with Gasteiger partial charge in [0.1, 0.15) is 0 Å². The number of hydrogen-bond acceptors (Lipinski definition) is 5. The number of pyridine rings is 5. The van der Waals surface area contributed by atoms with Crippen LogP contribution in [-0.4, -0.2) is 34.1 Å². The molecule has 7 heteroatoms. The fourth-order valence-corrected chi connectivity index (χ4v) is 10.5. The molecule has 0 unspecified atom stereocenters. The van der Waals surface area contributed by atoms with E-state index in [4.69, 9.17) is 19.9 Å². The second kappa shape index (κ2) is 17.9. The Labute approximate surface area is 427 Å². The van der Waals surface area contributed by atoms with Gasteiger partial charge in [-0.1, -0.05) is 146 Å². The van der Waals surface area contributed by atoms with Crippen molar-refractivity contribution in [3.05, 3.63) is 261 Å². The first-order valence-electron chi connectivity index (χ1n) is 24.8. The Morgan fingerprint density at radius 2 is 0.595 bits per heavy atom. The molecular formula is C67H43N7. The Kier molecular flexibility index (Phi) is 10.4. The summed E-state index contributed by atoms with van der Waals surface area (Å²) < 4.78 is 4.68. The van der Waals surface area contributed by atoms with Crippen molar-refractivity contribution in [2.45, 2.75) is 0 Å². The molecule has 14 rings (SSSR count). The molecule has 14 aromatic rings. The van der Waals surface area contributed by atoms with Crippen LogP contribution in [0.15, 0.2) is 261 Å². The molecule has 0 aliphatic rings. The molecule has 0 fully saturated rings. The normalized spacial score (nSPS) is 11.5. The summed E-state index contributed by atoms with van der Waals surface area (Å²) in [5, 5.41) is 4.97. The van der Waals surface area contributed by atoms with Crippen LogP contribution in [0, 0.1) is 0 Å². The van der Waals surface area contributed by atoms with Crippen LogP contribution in [0.25, 0.3) is 134 Å². The van der Waals surface area contributed by atoms with Crippen molar-refractivity contribution in [1.29, 1.82) is 0 Å². The fraction of sp³-hybridized carbons (Fsp3) is 0. The summed E-state index contributed by atoms with van der Waals surface area (Å²) in [6.07, 6.45) is 5.61. The molecule has 0 saturated heterocycles. The maximum absolute atomic E-state index is 5.18. The molecule has 0 atom stereocenters. The van der Waals surface area contributed by atoms with Gasteiger partial charge in [0.05, 0.1) is 61.9 Å². The third-order valence-corrected chi connectivity index (χ3v) is 14.1. The van der Waals surface area contributed by atoms with Crippen molar-refractivity contribution in [3.63, 3.8) is 0 Å². The minimum Gasteiger partial charge on any atom is -0.309 e. The summed E-state index contributed by atoms with van der Waals surface area (Å²) >= 11 is 0. The topological polar surface area (TPSA) is 74.3 Å². The SMILES string of the molecule is c1ccc(-c2cc(-c3ccc(-n4c5ccccc5c5ccccc54)cc3)cc(-c3ccc(-c4ccc(-c5cc(-c6ccc(-n7c8ccccc8c8ccccc87)cc6)cc(-c6ccccn6)n5)nc4)cn3)n2)cc1.